The lowest BCUT2D eigenvalue weighted by Crippen LogP contribution is -2.49. The molecule has 23 heavy (non-hydrogen) atoms. The Morgan fingerprint density at radius 3 is 2.87 bits per heavy atom. The standard InChI is InChI=1S/C16H22N4O3/c1-10-13(6-17-11(2)18-10)16(22)20-5-4-14-12(8-20)7-19(3)15(21)9-23-14/h6,12,14H,4-5,7-9H2,1-3H3/t12-,14-/m0/s1. The second-order valence-electron chi connectivity index (χ2n) is 6.34. The molecule has 0 aromatic carbocycles. The van der Waals surface area contributed by atoms with Crippen LogP contribution in [0.15, 0.2) is 6.20 Å². The smallest absolute Gasteiger partial charge is 0.257 e. The number of piperidine rings is 1. The molecule has 0 bridgehead atoms. The maximum atomic E-state index is 12.8. The Morgan fingerprint density at radius 2 is 2.13 bits per heavy atom. The lowest BCUT2D eigenvalue weighted by molar-refractivity contribution is -0.133. The van der Waals surface area contributed by atoms with Gasteiger partial charge in [-0.05, 0) is 20.3 Å². The van der Waals surface area contributed by atoms with Crippen molar-refractivity contribution in [1.29, 1.82) is 0 Å². The topological polar surface area (TPSA) is 75.6 Å². The first-order valence-electron chi connectivity index (χ1n) is 7.91. The molecule has 7 heteroatoms. The fourth-order valence-electron chi connectivity index (χ4n) is 3.30. The lowest BCUT2D eigenvalue weighted by Gasteiger charge is -2.37. The summed E-state index contributed by atoms with van der Waals surface area (Å²) in [5, 5.41) is 0. The molecule has 3 rings (SSSR count). The lowest BCUT2D eigenvalue weighted by atomic mass is 9.93. The first kappa shape index (κ1) is 15.9. The normalized spacial score (nSPS) is 25.1. The van der Waals surface area contributed by atoms with Gasteiger partial charge in [-0.25, -0.2) is 9.97 Å². The average molecular weight is 318 g/mol. The molecule has 0 unspecified atom stereocenters. The van der Waals surface area contributed by atoms with Gasteiger partial charge in [-0.2, -0.15) is 0 Å². The Hall–Kier alpha value is -2.02. The molecule has 2 atom stereocenters. The van der Waals surface area contributed by atoms with Crippen molar-refractivity contribution in [1.82, 2.24) is 19.8 Å². The van der Waals surface area contributed by atoms with E-state index in [1.54, 1.807) is 18.1 Å². The van der Waals surface area contributed by atoms with Crippen molar-refractivity contribution in [3.8, 4) is 0 Å². The predicted molar refractivity (Wildman–Crippen MR) is 82.9 cm³/mol. The van der Waals surface area contributed by atoms with Crippen LogP contribution in [0.1, 0.15) is 28.3 Å². The number of fused-ring (bicyclic) bond motifs is 1. The number of nitrogens with zero attached hydrogens (tertiary/aromatic N) is 4. The number of ether oxygens (including phenoxy) is 1. The van der Waals surface area contributed by atoms with Crippen LogP contribution in [0.5, 0.6) is 0 Å². The predicted octanol–water partition coefficient (Wildman–Crippen LogP) is 0.413. The van der Waals surface area contributed by atoms with Gasteiger partial charge in [0.1, 0.15) is 12.4 Å². The van der Waals surface area contributed by atoms with Crippen molar-refractivity contribution in [3.63, 3.8) is 0 Å². The Balaban J connectivity index is 1.75. The molecule has 3 heterocycles. The highest BCUT2D eigenvalue weighted by Gasteiger charge is 2.36. The second-order valence-corrected chi connectivity index (χ2v) is 6.34. The molecule has 1 aromatic rings. The summed E-state index contributed by atoms with van der Waals surface area (Å²) in [7, 11) is 1.78. The van der Waals surface area contributed by atoms with Gasteiger partial charge in [-0.3, -0.25) is 9.59 Å². The van der Waals surface area contributed by atoms with Crippen molar-refractivity contribution in [2.24, 2.45) is 5.92 Å². The fraction of sp³-hybridized carbons (Fsp3) is 0.625. The molecule has 0 spiro atoms. The zero-order valence-electron chi connectivity index (χ0n) is 13.8. The van der Waals surface area contributed by atoms with Crippen molar-refractivity contribution < 1.29 is 14.3 Å². The van der Waals surface area contributed by atoms with Crippen LogP contribution in [0.2, 0.25) is 0 Å². The minimum atomic E-state index is -0.0424. The van der Waals surface area contributed by atoms with E-state index >= 15 is 0 Å². The van der Waals surface area contributed by atoms with Crippen LogP contribution in [0.3, 0.4) is 0 Å². The molecular weight excluding hydrogens is 296 g/mol. The zero-order valence-corrected chi connectivity index (χ0v) is 13.8. The van der Waals surface area contributed by atoms with Gasteiger partial charge in [0.25, 0.3) is 5.91 Å². The van der Waals surface area contributed by atoms with Crippen LogP contribution in [-0.4, -0.2) is 71.0 Å². The SMILES string of the molecule is Cc1ncc(C(=O)N2CC[C@@H]3OCC(=O)N(C)C[C@H]3C2)c(C)n1. The third-order valence-electron chi connectivity index (χ3n) is 4.64. The van der Waals surface area contributed by atoms with Crippen LogP contribution in [0.25, 0.3) is 0 Å². The monoisotopic (exact) mass is 318 g/mol. The number of hydrogen-bond acceptors (Lipinski definition) is 5. The molecular formula is C16H22N4O3. The van der Waals surface area contributed by atoms with Gasteiger partial charge in [-0.15, -0.1) is 0 Å². The maximum Gasteiger partial charge on any atom is 0.257 e. The minimum absolute atomic E-state index is 0.0000514. The Morgan fingerprint density at radius 1 is 1.35 bits per heavy atom. The van der Waals surface area contributed by atoms with E-state index < -0.39 is 0 Å². The maximum absolute atomic E-state index is 12.8. The molecule has 0 N–H and O–H groups in total. The largest absolute Gasteiger partial charge is 0.368 e. The summed E-state index contributed by atoms with van der Waals surface area (Å²) in [6, 6.07) is 0. The first-order valence-corrected chi connectivity index (χ1v) is 7.91. The van der Waals surface area contributed by atoms with Gasteiger partial charge in [0.05, 0.1) is 17.4 Å². The fourth-order valence-corrected chi connectivity index (χ4v) is 3.30. The highest BCUT2D eigenvalue weighted by atomic mass is 16.5. The van der Waals surface area contributed by atoms with E-state index in [9.17, 15) is 9.59 Å². The molecule has 2 aliphatic rings. The minimum Gasteiger partial charge on any atom is -0.368 e. The van der Waals surface area contributed by atoms with Crippen molar-refractivity contribution in [2.75, 3.05) is 33.3 Å². The van der Waals surface area contributed by atoms with Crippen LogP contribution in [0, 0.1) is 19.8 Å². The van der Waals surface area contributed by atoms with Gasteiger partial charge in [-0.1, -0.05) is 0 Å². The van der Waals surface area contributed by atoms with Crippen LogP contribution in [-0.2, 0) is 9.53 Å². The highest BCUT2D eigenvalue weighted by molar-refractivity contribution is 5.95. The summed E-state index contributed by atoms with van der Waals surface area (Å²) in [6.07, 6.45) is 2.40. The van der Waals surface area contributed by atoms with Crippen molar-refractivity contribution in [2.45, 2.75) is 26.4 Å². The molecule has 7 nitrogen and oxygen atoms in total. The molecule has 0 radical (unpaired) electrons. The van der Waals surface area contributed by atoms with Gasteiger partial charge in [0.15, 0.2) is 0 Å². The molecule has 2 fully saturated rings. The summed E-state index contributed by atoms with van der Waals surface area (Å²) in [5.74, 6) is 0.769. The second kappa shape index (κ2) is 6.23. The van der Waals surface area contributed by atoms with E-state index in [1.165, 1.54) is 0 Å². The number of amides is 2. The molecule has 1 aromatic heterocycles. The molecule has 0 aliphatic carbocycles. The van der Waals surface area contributed by atoms with Crippen LogP contribution in [0.4, 0.5) is 0 Å². The Bertz CT molecular complexity index is 634. The number of likely N-dealkylation sites (N-methyl/N-ethyl adjacent to an activating group) is 1. The van der Waals surface area contributed by atoms with Gasteiger partial charge in [0, 0.05) is 38.8 Å². The van der Waals surface area contributed by atoms with E-state index in [2.05, 4.69) is 9.97 Å². The quantitative estimate of drug-likeness (QED) is 0.750. The summed E-state index contributed by atoms with van der Waals surface area (Å²) >= 11 is 0. The number of aromatic nitrogens is 2. The number of rotatable bonds is 1. The number of likely N-dealkylation sites (tertiary alicyclic amines) is 1. The number of carbonyl (C=O) groups is 2. The van der Waals surface area contributed by atoms with E-state index in [0.717, 1.165) is 6.42 Å². The van der Waals surface area contributed by atoms with Crippen molar-refractivity contribution >= 4 is 11.8 Å². The molecule has 2 amide bonds. The van der Waals surface area contributed by atoms with E-state index in [4.69, 9.17) is 4.74 Å². The average Bonchev–Trinajstić information content (AvgIpc) is 2.65. The van der Waals surface area contributed by atoms with Crippen LogP contribution < -0.4 is 0 Å². The first-order chi connectivity index (χ1) is 11.0. The number of hydrogen-bond donors (Lipinski definition) is 0. The molecule has 2 aliphatic heterocycles. The molecule has 124 valence electrons. The Labute approximate surface area is 135 Å². The van der Waals surface area contributed by atoms with Gasteiger partial charge < -0.3 is 14.5 Å². The highest BCUT2D eigenvalue weighted by Crippen LogP contribution is 2.25. The summed E-state index contributed by atoms with van der Waals surface area (Å²) in [6.45, 7) is 5.62. The number of aryl methyl sites for hydroxylation is 2. The third-order valence-corrected chi connectivity index (χ3v) is 4.64. The number of carbonyl (C=O) groups excluding carboxylic acids is 2. The Kier molecular flexibility index (Phi) is 4.30. The van der Waals surface area contributed by atoms with Gasteiger partial charge in [0.2, 0.25) is 5.91 Å². The summed E-state index contributed by atoms with van der Waals surface area (Å²) < 4.78 is 5.71. The van der Waals surface area contributed by atoms with E-state index in [1.807, 2.05) is 18.7 Å². The summed E-state index contributed by atoms with van der Waals surface area (Å²) in [5.41, 5.74) is 1.25. The van der Waals surface area contributed by atoms with Crippen LogP contribution >= 0.6 is 0 Å². The zero-order chi connectivity index (χ0) is 16.6. The van der Waals surface area contributed by atoms with E-state index in [-0.39, 0.29) is 30.4 Å². The van der Waals surface area contributed by atoms with E-state index in [0.29, 0.717) is 36.7 Å². The molecule has 0 saturated carbocycles. The van der Waals surface area contributed by atoms with Crippen molar-refractivity contribution in [3.05, 3.63) is 23.3 Å². The molecule has 2 saturated heterocycles. The summed E-state index contributed by atoms with van der Waals surface area (Å²) in [4.78, 5) is 36.5. The third kappa shape index (κ3) is 3.19. The van der Waals surface area contributed by atoms with Gasteiger partial charge >= 0.3 is 0 Å².